The molecular formula is C6HBF6O4. The summed E-state index contributed by atoms with van der Waals surface area (Å²) >= 11 is 0. The molecule has 0 heterocycles. The van der Waals surface area contributed by atoms with E-state index in [1.54, 1.807) is 0 Å². The molecule has 0 saturated carbocycles. The van der Waals surface area contributed by atoms with Crippen molar-refractivity contribution in [2.24, 2.45) is 0 Å². The average molecular weight is 262 g/mol. The van der Waals surface area contributed by atoms with Gasteiger partial charge >= 0.3 is 20.0 Å². The highest BCUT2D eigenvalue weighted by molar-refractivity contribution is 6.17. The molecule has 0 atom stereocenters. The SMILES string of the molecule is FC(F)(F)C#COOBOOC#CC(F)(F)F. The highest BCUT2D eigenvalue weighted by Crippen LogP contribution is 2.12. The third-order valence-electron chi connectivity index (χ3n) is 0.683. The summed E-state index contributed by atoms with van der Waals surface area (Å²) in [6, 6.07) is 0. The molecule has 11 heteroatoms. The number of hydrogen-bond donors (Lipinski definition) is 0. The van der Waals surface area contributed by atoms with E-state index in [0.717, 1.165) is 12.2 Å². The largest absolute Gasteiger partial charge is 0.540 e. The van der Waals surface area contributed by atoms with Crippen LogP contribution >= 0.6 is 0 Å². The Bertz CT molecular complexity index is 308. The second-order valence-corrected chi connectivity index (χ2v) is 1.97. The lowest BCUT2D eigenvalue weighted by Gasteiger charge is -1.96. The second-order valence-electron chi connectivity index (χ2n) is 1.97. The van der Waals surface area contributed by atoms with Crippen molar-refractivity contribution in [2.75, 3.05) is 0 Å². The summed E-state index contributed by atoms with van der Waals surface area (Å²) < 4.78 is 68.1. The lowest BCUT2D eigenvalue weighted by molar-refractivity contribution is -0.209. The van der Waals surface area contributed by atoms with E-state index in [1.165, 1.54) is 0 Å². The zero-order valence-corrected chi connectivity index (χ0v) is 7.61. The van der Waals surface area contributed by atoms with Gasteiger partial charge < -0.3 is 0 Å². The van der Waals surface area contributed by atoms with Crippen molar-refractivity contribution in [1.82, 2.24) is 0 Å². The molecule has 0 saturated heterocycles. The van der Waals surface area contributed by atoms with E-state index < -0.39 is 20.0 Å². The van der Waals surface area contributed by atoms with Crippen molar-refractivity contribution in [3.8, 4) is 24.1 Å². The molecule has 0 aromatic carbocycles. The number of alkyl halides is 6. The first-order valence-electron chi connectivity index (χ1n) is 3.45. The zero-order valence-electron chi connectivity index (χ0n) is 7.61. The normalized spacial score (nSPS) is 10.5. The summed E-state index contributed by atoms with van der Waals surface area (Å²) in [5.74, 6) is 1.35. The molecular weight excluding hydrogens is 261 g/mol. The van der Waals surface area contributed by atoms with Gasteiger partial charge in [-0.25, -0.2) is 9.61 Å². The zero-order chi connectivity index (χ0) is 13.4. The van der Waals surface area contributed by atoms with Gasteiger partial charge in [-0.15, -0.1) is 0 Å². The Morgan fingerprint density at radius 3 is 1.35 bits per heavy atom. The van der Waals surface area contributed by atoms with Crippen LogP contribution in [0.25, 0.3) is 0 Å². The fourth-order valence-corrected chi connectivity index (χ4v) is 0.284. The molecule has 0 aromatic heterocycles. The lowest BCUT2D eigenvalue weighted by atomic mass is 10.4. The highest BCUT2D eigenvalue weighted by atomic mass is 19.4. The van der Waals surface area contributed by atoms with Crippen molar-refractivity contribution < 1.29 is 45.7 Å². The molecule has 0 fully saturated rings. The first kappa shape index (κ1) is 15.3. The van der Waals surface area contributed by atoms with E-state index in [4.69, 9.17) is 0 Å². The van der Waals surface area contributed by atoms with E-state index in [-0.39, 0.29) is 0 Å². The van der Waals surface area contributed by atoms with Gasteiger partial charge in [-0.1, -0.05) is 0 Å². The maximum absolute atomic E-state index is 11.4. The quantitative estimate of drug-likeness (QED) is 0.190. The Morgan fingerprint density at radius 1 is 0.706 bits per heavy atom. The molecule has 0 radical (unpaired) electrons. The number of halogens is 6. The molecule has 17 heavy (non-hydrogen) atoms. The fraction of sp³-hybridized carbons (Fsp3) is 0.333. The molecule has 0 aromatic rings. The van der Waals surface area contributed by atoms with Gasteiger partial charge in [0.1, 0.15) is 0 Å². The molecule has 0 spiro atoms. The highest BCUT2D eigenvalue weighted by Gasteiger charge is 2.24. The summed E-state index contributed by atoms with van der Waals surface area (Å²) in [7, 11) is -0.931. The Hall–Kier alpha value is -1.72. The van der Waals surface area contributed by atoms with Crippen LogP contribution in [0.1, 0.15) is 0 Å². The van der Waals surface area contributed by atoms with Gasteiger partial charge in [-0.2, -0.15) is 26.3 Å². The van der Waals surface area contributed by atoms with Crippen LogP contribution in [0, 0.1) is 24.1 Å². The predicted molar refractivity (Wildman–Crippen MR) is 39.2 cm³/mol. The minimum absolute atomic E-state index is 0.674. The van der Waals surface area contributed by atoms with Crippen LogP contribution in [-0.4, -0.2) is 20.0 Å². The molecule has 0 aliphatic carbocycles. The minimum atomic E-state index is -4.75. The van der Waals surface area contributed by atoms with Gasteiger partial charge in [0, 0.05) is 0 Å². The van der Waals surface area contributed by atoms with Crippen LogP contribution < -0.4 is 0 Å². The van der Waals surface area contributed by atoms with E-state index in [1.807, 2.05) is 0 Å². The van der Waals surface area contributed by atoms with Gasteiger partial charge in [0.2, 0.25) is 0 Å². The molecule has 94 valence electrons. The van der Waals surface area contributed by atoms with Gasteiger partial charge in [0.25, 0.3) is 0 Å². The summed E-state index contributed by atoms with van der Waals surface area (Å²) in [5, 5.41) is 0. The molecule has 4 nitrogen and oxygen atoms in total. The Labute approximate surface area is 90.9 Å². The van der Waals surface area contributed by atoms with Gasteiger partial charge in [-0.3, -0.25) is 9.78 Å². The maximum Gasteiger partial charge on any atom is 0.540 e. The first-order chi connectivity index (χ1) is 7.71. The number of rotatable bonds is 4. The minimum Gasteiger partial charge on any atom is -0.296 e. The van der Waals surface area contributed by atoms with Crippen LogP contribution in [-0.2, 0) is 19.4 Å². The van der Waals surface area contributed by atoms with E-state index in [9.17, 15) is 26.3 Å². The molecule has 0 N–H and O–H groups in total. The van der Waals surface area contributed by atoms with Crippen LogP contribution in [0.4, 0.5) is 26.3 Å². The lowest BCUT2D eigenvalue weighted by Crippen LogP contribution is -2.05. The van der Waals surface area contributed by atoms with E-state index in [0.29, 0.717) is 11.8 Å². The van der Waals surface area contributed by atoms with Crippen molar-refractivity contribution >= 4 is 7.69 Å². The van der Waals surface area contributed by atoms with Gasteiger partial charge in [0.05, 0.1) is 11.8 Å². The van der Waals surface area contributed by atoms with E-state index >= 15 is 0 Å². The summed E-state index contributed by atoms with van der Waals surface area (Å²) in [4.78, 5) is 14.8. The Kier molecular flexibility index (Phi) is 6.10. The monoisotopic (exact) mass is 262 g/mol. The average Bonchev–Trinajstić information content (AvgIpc) is 2.11. The Balaban J connectivity index is 3.53. The van der Waals surface area contributed by atoms with Crippen LogP contribution in [0.5, 0.6) is 0 Å². The predicted octanol–water partition coefficient (Wildman–Crippen LogP) is 1.20. The van der Waals surface area contributed by atoms with Crippen LogP contribution in [0.15, 0.2) is 0 Å². The molecule has 0 bridgehead atoms. The van der Waals surface area contributed by atoms with Crippen molar-refractivity contribution in [3.05, 3.63) is 0 Å². The van der Waals surface area contributed by atoms with Crippen LogP contribution in [0.2, 0.25) is 0 Å². The molecule has 0 aliphatic rings. The summed E-state index contributed by atoms with van der Waals surface area (Å²) in [5.41, 5.74) is 0. The van der Waals surface area contributed by atoms with Crippen molar-refractivity contribution in [1.29, 1.82) is 0 Å². The van der Waals surface area contributed by atoms with Gasteiger partial charge in [0.15, 0.2) is 12.2 Å². The molecule has 0 unspecified atom stereocenters. The first-order valence-corrected chi connectivity index (χ1v) is 3.45. The summed E-state index contributed by atoms with van der Waals surface area (Å²) in [6.45, 7) is 0. The molecule has 0 aliphatic heterocycles. The van der Waals surface area contributed by atoms with Crippen molar-refractivity contribution in [2.45, 2.75) is 12.4 Å². The fourth-order valence-electron chi connectivity index (χ4n) is 0.284. The number of hydrogen-bond acceptors (Lipinski definition) is 4. The molecule has 0 rings (SSSR count). The maximum atomic E-state index is 11.4. The third kappa shape index (κ3) is 14.3. The van der Waals surface area contributed by atoms with Gasteiger partial charge in [-0.05, 0) is 0 Å². The third-order valence-corrected chi connectivity index (χ3v) is 0.683. The second kappa shape index (κ2) is 6.78. The van der Waals surface area contributed by atoms with Crippen LogP contribution in [0.3, 0.4) is 0 Å². The Morgan fingerprint density at radius 2 is 1.06 bits per heavy atom. The van der Waals surface area contributed by atoms with Crippen molar-refractivity contribution in [3.63, 3.8) is 0 Å². The smallest absolute Gasteiger partial charge is 0.296 e. The summed E-state index contributed by atoms with van der Waals surface area (Å²) in [6.07, 6.45) is -7.32. The molecule has 0 amide bonds. The van der Waals surface area contributed by atoms with E-state index in [2.05, 4.69) is 19.4 Å². The topological polar surface area (TPSA) is 36.9 Å². The standard InChI is InChI=1S/C6HBF6O4/c8-5(9,10)1-3-14-16-7-17-15-4-2-6(11,12)13/h7H.